The molecule has 0 aromatic carbocycles. The molecule has 0 aliphatic carbocycles. The van der Waals surface area contributed by atoms with Gasteiger partial charge in [0.15, 0.2) is 5.16 Å². The predicted molar refractivity (Wildman–Crippen MR) is 73.0 cm³/mol. The number of aliphatic carboxylic acids is 1. The topological polar surface area (TPSA) is 104 Å². The first-order valence-electron chi connectivity index (χ1n) is 6.43. The Labute approximate surface area is 124 Å². The zero-order valence-electron chi connectivity index (χ0n) is 11.1. The first-order chi connectivity index (χ1) is 10.0. The zero-order chi connectivity index (χ0) is 15.1. The van der Waals surface area contributed by atoms with E-state index in [1.54, 1.807) is 25.4 Å². The lowest BCUT2D eigenvalue weighted by Crippen LogP contribution is -2.61. The van der Waals surface area contributed by atoms with Gasteiger partial charge in [0.25, 0.3) is 0 Å². The van der Waals surface area contributed by atoms with Crippen LogP contribution in [0.1, 0.15) is 13.3 Å². The molecule has 0 unspecified atom stereocenters. The van der Waals surface area contributed by atoms with Gasteiger partial charge >= 0.3 is 5.97 Å². The molecule has 8 heteroatoms. The number of carbonyl (C=O) groups is 2. The largest absolute Gasteiger partial charge is 0.477 e. The smallest absolute Gasteiger partial charge is 0.353 e. The van der Waals surface area contributed by atoms with Crippen molar-refractivity contribution in [1.82, 2.24) is 14.9 Å². The first kappa shape index (κ1) is 14.0. The van der Waals surface area contributed by atoms with Crippen LogP contribution < -0.4 is 0 Å². The van der Waals surface area contributed by atoms with Crippen molar-refractivity contribution in [2.75, 3.05) is 0 Å². The van der Waals surface area contributed by atoms with Gasteiger partial charge in [0.05, 0.1) is 18.1 Å². The summed E-state index contributed by atoms with van der Waals surface area (Å²) in [7, 11) is 0. The molecular formula is C13H13N3O4S. The fraction of sp³-hybridized carbons (Fsp3) is 0.385. The maximum Gasteiger partial charge on any atom is 0.353 e. The molecule has 1 aromatic heterocycles. The lowest BCUT2D eigenvalue weighted by atomic mass is 9.83. The van der Waals surface area contributed by atoms with Crippen LogP contribution in [0.25, 0.3) is 0 Å². The Bertz CT molecular complexity index is 632. The van der Waals surface area contributed by atoms with E-state index in [0.29, 0.717) is 16.5 Å². The van der Waals surface area contributed by atoms with Gasteiger partial charge in [-0.05, 0) is 13.0 Å². The number of amides is 1. The summed E-state index contributed by atoms with van der Waals surface area (Å²) >= 11 is 1.15. The molecule has 2 N–H and O–H groups in total. The fourth-order valence-electron chi connectivity index (χ4n) is 2.77. The summed E-state index contributed by atoms with van der Waals surface area (Å²) in [6.45, 7) is 1.55. The van der Waals surface area contributed by atoms with Crippen LogP contribution in [-0.4, -0.2) is 49.1 Å². The van der Waals surface area contributed by atoms with Crippen LogP contribution >= 0.6 is 11.8 Å². The summed E-state index contributed by atoms with van der Waals surface area (Å²) in [6, 6.07) is 1.39. The zero-order valence-corrected chi connectivity index (χ0v) is 11.9. The first-order valence-corrected chi connectivity index (χ1v) is 7.24. The molecule has 1 fully saturated rings. The molecular weight excluding hydrogens is 294 g/mol. The van der Waals surface area contributed by atoms with Crippen LogP contribution in [0.4, 0.5) is 0 Å². The summed E-state index contributed by atoms with van der Waals surface area (Å²) in [4.78, 5) is 33.4. The van der Waals surface area contributed by atoms with E-state index in [4.69, 9.17) is 0 Å². The van der Waals surface area contributed by atoms with E-state index in [9.17, 15) is 19.8 Å². The highest BCUT2D eigenvalue weighted by Crippen LogP contribution is 2.47. The van der Waals surface area contributed by atoms with Crippen LogP contribution in [0.5, 0.6) is 0 Å². The number of fused-ring (bicyclic) bond motifs is 1. The van der Waals surface area contributed by atoms with Crippen molar-refractivity contribution in [1.29, 1.82) is 0 Å². The predicted octanol–water partition coefficient (Wildman–Crippen LogP) is 0.476. The van der Waals surface area contributed by atoms with Gasteiger partial charge in [-0.3, -0.25) is 4.79 Å². The normalized spacial score (nSPS) is 25.6. The second-order valence-corrected chi connectivity index (χ2v) is 6.02. The minimum Gasteiger partial charge on any atom is -0.477 e. The molecule has 1 saturated heterocycles. The average molecular weight is 307 g/mol. The van der Waals surface area contributed by atoms with E-state index >= 15 is 0 Å². The number of nitrogens with zero attached hydrogens (tertiary/aromatic N) is 3. The highest BCUT2D eigenvalue weighted by molar-refractivity contribution is 8.03. The molecule has 3 rings (SSSR count). The molecule has 21 heavy (non-hydrogen) atoms. The third-order valence-electron chi connectivity index (χ3n) is 3.65. The van der Waals surface area contributed by atoms with E-state index < -0.39 is 18.0 Å². The van der Waals surface area contributed by atoms with Crippen molar-refractivity contribution in [3.63, 3.8) is 0 Å². The molecule has 2 aliphatic rings. The second kappa shape index (κ2) is 5.12. The van der Waals surface area contributed by atoms with Gasteiger partial charge in [0.2, 0.25) is 5.91 Å². The number of thioether (sulfide) groups is 1. The van der Waals surface area contributed by atoms with Gasteiger partial charge in [-0.2, -0.15) is 0 Å². The third-order valence-corrected chi connectivity index (χ3v) is 4.65. The Hall–Kier alpha value is -1.93. The minimum absolute atomic E-state index is 0.0145. The average Bonchev–Trinajstić information content (AvgIpc) is 2.74. The van der Waals surface area contributed by atoms with E-state index in [1.807, 2.05) is 0 Å². The monoisotopic (exact) mass is 307 g/mol. The minimum atomic E-state index is -1.15. The Balaban J connectivity index is 1.89. The Kier molecular flexibility index (Phi) is 3.42. The van der Waals surface area contributed by atoms with Crippen molar-refractivity contribution < 1.29 is 19.8 Å². The highest BCUT2D eigenvalue weighted by Gasteiger charge is 2.56. The number of carboxylic acids is 1. The standard InChI is InChI=1S/C13H13N3O4S/c1-6(17)9-7-5-8(21-13-14-3-2-4-15-13)10(12(19)20)16(7)11(9)18/h2-4,6-7,9,17H,5H2,1H3,(H,19,20)/t6-,7+,9+/m0/s1. The number of rotatable bonds is 4. The summed E-state index contributed by atoms with van der Waals surface area (Å²) in [5.74, 6) is -2.01. The Morgan fingerprint density at radius 2 is 2.14 bits per heavy atom. The fourth-order valence-corrected chi connectivity index (χ4v) is 3.75. The molecule has 1 amide bonds. The van der Waals surface area contributed by atoms with Crippen LogP contribution in [0.15, 0.2) is 34.2 Å². The summed E-state index contributed by atoms with van der Waals surface area (Å²) in [5.41, 5.74) is -0.0145. The Morgan fingerprint density at radius 3 is 2.71 bits per heavy atom. The van der Waals surface area contributed by atoms with E-state index in [-0.39, 0.29) is 17.6 Å². The van der Waals surface area contributed by atoms with Gasteiger partial charge in [-0.25, -0.2) is 14.8 Å². The van der Waals surface area contributed by atoms with Crippen LogP contribution in [0, 0.1) is 5.92 Å². The van der Waals surface area contributed by atoms with Crippen LogP contribution in [0.3, 0.4) is 0 Å². The highest BCUT2D eigenvalue weighted by atomic mass is 32.2. The van der Waals surface area contributed by atoms with E-state index in [2.05, 4.69) is 9.97 Å². The van der Waals surface area contributed by atoms with Crippen molar-refractivity contribution in [2.45, 2.75) is 30.6 Å². The maximum absolute atomic E-state index is 12.0. The molecule has 3 atom stereocenters. The van der Waals surface area contributed by atoms with E-state index in [1.165, 1.54) is 4.90 Å². The van der Waals surface area contributed by atoms with Crippen molar-refractivity contribution >= 4 is 23.6 Å². The van der Waals surface area contributed by atoms with Gasteiger partial charge in [-0.1, -0.05) is 11.8 Å². The quantitative estimate of drug-likeness (QED) is 0.615. The molecule has 2 aliphatic heterocycles. The number of aliphatic hydroxyl groups excluding tert-OH is 1. The Morgan fingerprint density at radius 1 is 1.48 bits per heavy atom. The summed E-state index contributed by atoms with van der Waals surface area (Å²) in [5, 5.41) is 19.4. The molecule has 0 bridgehead atoms. The van der Waals surface area contributed by atoms with Crippen molar-refractivity contribution in [3.8, 4) is 0 Å². The van der Waals surface area contributed by atoms with Crippen LogP contribution in [-0.2, 0) is 9.59 Å². The third kappa shape index (κ3) is 2.20. The molecule has 0 saturated carbocycles. The van der Waals surface area contributed by atoms with Crippen LogP contribution in [0.2, 0.25) is 0 Å². The maximum atomic E-state index is 12.0. The van der Waals surface area contributed by atoms with Gasteiger partial charge in [-0.15, -0.1) is 0 Å². The van der Waals surface area contributed by atoms with Gasteiger partial charge < -0.3 is 15.1 Å². The van der Waals surface area contributed by atoms with Crippen molar-refractivity contribution in [2.24, 2.45) is 5.92 Å². The van der Waals surface area contributed by atoms with Gasteiger partial charge in [0.1, 0.15) is 5.70 Å². The molecule has 0 radical (unpaired) electrons. The molecule has 110 valence electrons. The van der Waals surface area contributed by atoms with Crippen molar-refractivity contribution in [3.05, 3.63) is 29.1 Å². The number of hydrogen-bond acceptors (Lipinski definition) is 6. The molecule has 3 heterocycles. The van der Waals surface area contributed by atoms with E-state index in [0.717, 1.165) is 11.8 Å². The summed E-state index contributed by atoms with van der Waals surface area (Å²) < 4.78 is 0. The number of aromatic nitrogens is 2. The number of β-lactam (4-membered cyclic amide) rings is 1. The molecule has 1 aromatic rings. The van der Waals surface area contributed by atoms with Gasteiger partial charge in [0, 0.05) is 23.7 Å². The lowest BCUT2D eigenvalue weighted by molar-refractivity contribution is -0.161. The molecule has 0 spiro atoms. The SMILES string of the molecule is C[C@H](O)[C@H]1C(=O)N2C(C(=O)O)=C(Sc3ncccn3)C[C@H]12. The number of aliphatic hydroxyl groups is 1. The number of carboxylic acid groups (broad SMARTS) is 1. The summed E-state index contributed by atoms with van der Waals surface area (Å²) in [6.07, 6.45) is 2.77. The lowest BCUT2D eigenvalue weighted by Gasteiger charge is -2.44. The molecule has 7 nitrogen and oxygen atoms in total. The number of carbonyl (C=O) groups excluding carboxylic acids is 1. The number of hydrogen-bond donors (Lipinski definition) is 2. The second-order valence-electron chi connectivity index (χ2n) is 4.96.